The van der Waals surface area contributed by atoms with Crippen molar-refractivity contribution in [3.63, 3.8) is 0 Å². The van der Waals surface area contributed by atoms with E-state index in [1.165, 1.54) is 5.12 Å². The molecule has 3 N–H and O–H groups in total. The van der Waals surface area contributed by atoms with Gasteiger partial charge in [0.25, 0.3) is 0 Å². The van der Waals surface area contributed by atoms with Gasteiger partial charge in [-0.15, -0.1) is 5.53 Å². The van der Waals surface area contributed by atoms with Crippen LogP contribution < -0.4 is 16.4 Å². The number of hydrazine groups is 3. The SMILES string of the molecule is NN1NN(c2ccccc2)C=C1c1ccccc1. The van der Waals surface area contributed by atoms with Crippen LogP contribution in [0.15, 0.2) is 66.9 Å². The fourth-order valence-corrected chi connectivity index (χ4v) is 1.93. The first-order valence-corrected chi connectivity index (χ1v) is 5.77. The molecule has 4 heteroatoms. The molecule has 1 heterocycles. The van der Waals surface area contributed by atoms with Crippen LogP contribution in [0.25, 0.3) is 5.70 Å². The Morgan fingerprint density at radius 2 is 1.44 bits per heavy atom. The minimum absolute atomic E-state index is 0.930. The van der Waals surface area contributed by atoms with Gasteiger partial charge in [-0.1, -0.05) is 48.5 Å². The van der Waals surface area contributed by atoms with Crippen molar-refractivity contribution >= 4 is 11.4 Å². The number of anilines is 1. The molecule has 0 fully saturated rings. The molecule has 18 heavy (non-hydrogen) atoms. The van der Waals surface area contributed by atoms with Gasteiger partial charge < -0.3 is 0 Å². The van der Waals surface area contributed by atoms with E-state index in [0.29, 0.717) is 0 Å². The van der Waals surface area contributed by atoms with Gasteiger partial charge in [0.05, 0.1) is 17.6 Å². The number of hydrogen-bond acceptors (Lipinski definition) is 4. The van der Waals surface area contributed by atoms with E-state index in [1.807, 2.05) is 71.9 Å². The third kappa shape index (κ3) is 1.95. The van der Waals surface area contributed by atoms with Crippen molar-refractivity contribution in [2.75, 3.05) is 5.01 Å². The Morgan fingerprint density at radius 1 is 0.833 bits per heavy atom. The molecular weight excluding hydrogens is 224 g/mol. The van der Waals surface area contributed by atoms with Crippen LogP contribution in [-0.4, -0.2) is 5.12 Å². The molecule has 90 valence electrons. The Hall–Kier alpha value is -2.30. The summed E-state index contributed by atoms with van der Waals surface area (Å²) in [6, 6.07) is 20.0. The van der Waals surface area contributed by atoms with E-state index in [2.05, 4.69) is 5.53 Å². The van der Waals surface area contributed by atoms with Crippen molar-refractivity contribution in [3.05, 3.63) is 72.4 Å². The summed E-state index contributed by atoms with van der Waals surface area (Å²) in [5.41, 5.74) is 6.12. The fourth-order valence-electron chi connectivity index (χ4n) is 1.93. The van der Waals surface area contributed by atoms with Crippen molar-refractivity contribution in [2.24, 2.45) is 5.84 Å². The topological polar surface area (TPSA) is 44.5 Å². The lowest BCUT2D eigenvalue weighted by Crippen LogP contribution is -2.44. The average molecular weight is 238 g/mol. The van der Waals surface area contributed by atoms with Gasteiger partial charge in [-0.3, -0.25) is 5.01 Å². The molecule has 0 bridgehead atoms. The number of nitrogens with two attached hydrogens (primary N) is 1. The van der Waals surface area contributed by atoms with Crippen LogP contribution in [0.5, 0.6) is 0 Å². The highest BCUT2D eigenvalue weighted by molar-refractivity contribution is 5.69. The molecule has 0 unspecified atom stereocenters. The minimum atomic E-state index is 0.930. The van der Waals surface area contributed by atoms with Crippen LogP contribution in [0.3, 0.4) is 0 Å². The number of rotatable bonds is 2. The summed E-state index contributed by atoms with van der Waals surface area (Å²) < 4.78 is 0. The van der Waals surface area contributed by atoms with Crippen LogP contribution in [-0.2, 0) is 0 Å². The lowest BCUT2D eigenvalue weighted by Gasteiger charge is -2.20. The second-order valence-electron chi connectivity index (χ2n) is 4.06. The molecule has 2 aromatic carbocycles. The lowest BCUT2D eigenvalue weighted by molar-refractivity contribution is 0.323. The maximum absolute atomic E-state index is 5.95. The van der Waals surface area contributed by atoms with E-state index in [1.54, 1.807) is 0 Å². The zero-order valence-corrected chi connectivity index (χ0v) is 9.82. The molecule has 0 atom stereocenters. The van der Waals surface area contributed by atoms with E-state index in [-0.39, 0.29) is 0 Å². The summed E-state index contributed by atoms with van der Waals surface area (Å²) in [5.74, 6) is 5.95. The van der Waals surface area contributed by atoms with Crippen molar-refractivity contribution in [1.29, 1.82) is 0 Å². The van der Waals surface area contributed by atoms with Gasteiger partial charge in [0.1, 0.15) is 0 Å². The molecule has 0 radical (unpaired) electrons. The number of nitrogens with one attached hydrogen (secondary N) is 1. The Bertz CT molecular complexity index is 551. The molecular formula is C14H14N4. The van der Waals surface area contributed by atoms with E-state index in [9.17, 15) is 0 Å². The van der Waals surface area contributed by atoms with Gasteiger partial charge in [0.15, 0.2) is 0 Å². The first-order chi connectivity index (χ1) is 8.84. The smallest absolute Gasteiger partial charge is 0.0969 e. The molecule has 0 aliphatic carbocycles. The fraction of sp³-hybridized carbons (Fsp3) is 0. The van der Waals surface area contributed by atoms with E-state index in [0.717, 1.165) is 16.9 Å². The quantitative estimate of drug-likeness (QED) is 0.786. The molecule has 1 aliphatic rings. The maximum Gasteiger partial charge on any atom is 0.0969 e. The molecule has 0 aromatic heterocycles. The summed E-state index contributed by atoms with van der Waals surface area (Å²) in [7, 11) is 0. The van der Waals surface area contributed by atoms with Gasteiger partial charge in [0, 0.05) is 5.56 Å². The molecule has 4 nitrogen and oxygen atoms in total. The summed E-state index contributed by atoms with van der Waals surface area (Å²) >= 11 is 0. The van der Waals surface area contributed by atoms with Gasteiger partial charge in [-0.2, -0.15) is 0 Å². The summed E-state index contributed by atoms with van der Waals surface area (Å²) in [4.78, 5) is 0. The molecule has 3 rings (SSSR count). The summed E-state index contributed by atoms with van der Waals surface area (Å²) in [6.07, 6.45) is 1.98. The van der Waals surface area contributed by atoms with Crippen LogP contribution in [0.4, 0.5) is 5.69 Å². The Labute approximate surface area is 106 Å². The lowest BCUT2D eigenvalue weighted by atomic mass is 10.2. The zero-order chi connectivity index (χ0) is 12.4. The molecule has 0 amide bonds. The van der Waals surface area contributed by atoms with Crippen LogP contribution in [0, 0.1) is 0 Å². The largest absolute Gasteiger partial charge is 0.263 e. The van der Waals surface area contributed by atoms with Gasteiger partial charge in [0.2, 0.25) is 0 Å². The standard InChI is InChI=1S/C14H14N4/c15-18-14(12-7-3-1-4-8-12)11-17(16-18)13-9-5-2-6-10-13/h1-11,16H,15H2. The van der Waals surface area contributed by atoms with Crippen molar-refractivity contribution < 1.29 is 0 Å². The third-order valence-electron chi connectivity index (χ3n) is 2.83. The van der Waals surface area contributed by atoms with Crippen molar-refractivity contribution in [3.8, 4) is 0 Å². The number of benzene rings is 2. The van der Waals surface area contributed by atoms with E-state index in [4.69, 9.17) is 5.84 Å². The van der Waals surface area contributed by atoms with Crippen LogP contribution in [0.1, 0.15) is 5.56 Å². The maximum atomic E-state index is 5.95. The first-order valence-electron chi connectivity index (χ1n) is 5.77. The predicted molar refractivity (Wildman–Crippen MR) is 72.5 cm³/mol. The van der Waals surface area contributed by atoms with E-state index >= 15 is 0 Å². The highest BCUT2D eigenvalue weighted by atomic mass is 15.9. The van der Waals surface area contributed by atoms with E-state index < -0.39 is 0 Å². The van der Waals surface area contributed by atoms with Crippen LogP contribution in [0.2, 0.25) is 0 Å². The summed E-state index contributed by atoms with van der Waals surface area (Å²) in [6.45, 7) is 0. The Balaban J connectivity index is 1.93. The third-order valence-corrected chi connectivity index (χ3v) is 2.83. The zero-order valence-electron chi connectivity index (χ0n) is 9.82. The van der Waals surface area contributed by atoms with Crippen LogP contribution >= 0.6 is 0 Å². The van der Waals surface area contributed by atoms with Gasteiger partial charge >= 0.3 is 0 Å². The predicted octanol–water partition coefficient (Wildman–Crippen LogP) is 2.10. The molecule has 1 aliphatic heterocycles. The summed E-state index contributed by atoms with van der Waals surface area (Å²) in [5, 5.41) is 3.41. The van der Waals surface area contributed by atoms with Crippen molar-refractivity contribution in [1.82, 2.24) is 10.7 Å². The monoisotopic (exact) mass is 238 g/mol. The molecule has 0 saturated carbocycles. The second kappa shape index (κ2) is 4.52. The number of hydrogen-bond donors (Lipinski definition) is 2. The van der Waals surface area contributed by atoms with Gasteiger partial charge in [-0.25, -0.2) is 11.0 Å². The Morgan fingerprint density at radius 3 is 2.11 bits per heavy atom. The number of para-hydroxylation sites is 1. The molecule has 2 aromatic rings. The average Bonchev–Trinajstić information content (AvgIpc) is 2.83. The first kappa shape index (κ1) is 10.8. The normalized spacial score (nSPS) is 14.8. The minimum Gasteiger partial charge on any atom is -0.263 e. The highest BCUT2D eigenvalue weighted by Crippen LogP contribution is 2.23. The highest BCUT2D eigenvalue weighted by Gasteiger charge is 2.19. The van der Waals surface area contributed by atoms with Gasteiger partial charge in [-0.05, 0) is 12.1 Å². The second-order valence-corrected chi connectivity index (χ2v) is 4.06. The van der Waals surface area contributed by atoms with Crippen molar-refractivity contribution in [2.45, 2.75) is 0 Å². The molecule has 0 saturated heterocycles. The molecule has 0 spiro atoms. The Kier molecular flexibility index (Phi) is 2.72. The number of nitrogens with zero attached hydrogens (tertiary/aromatic N) is 2.